The highest BCUT2D eigenvalue weighted by molar-refractivity contribution is 5.94. The lowest BCUT2D eigenvalue weighted by molar-refractivity contribution is 0.0946. The van der Waals surface area contributed by atoms with Crippen molar-refractivity contribution in [1.29, 1.82) is 0 Å². The Labute approximate surface area is 170 Å². The third-order valence-electron chi connectivity index (χ3n) is 4.82. The van der Waals surface area contributed by atoms with Crippen LogP contribution in [0.5, 0.6) is 0 Å². The topological polar surface area (TPSA) is 84.0 Å². The second-order valence-electron chi connectivity index (χ2n) is 6.85. The molecule has 0 saturated carbocycles. The van der Waals surface area contributed by atoms with Crippen LogP contribution in [-0.2, 0) is 13.1 Å². The quantitative estimate of drug-likeness (QED) is 0.538. The van der Waals surface area contributed by atoms with Crippen LogP contribution in [0.2, 0.25) is 0 Å². The van der Waals surface area contributed by atoms with Gasteiger partial charge in [-0.3, -0.25) is 19.1 Å². The van der Waals surface area contributed by atoms with Crippen molar-refractivity contribution in [3.63, 3.8) is 0 Å². The standard InChI is InChI=1S/C23H18FN3O3/c24-19-11-10-16(12-18(19)21(28)25-13-15-6-2-1-3-7-15)14-27-20-9-5-4-8-17(20)22(29)26-23(27)30/h1-12H,13-14H2,(H,25,28)(H,26,29,30). The van der Waals surface area contributed by atoms with E-state index in [0.717, 1.165) is 5.56 Å². The van der Waals surface area contributed by atoms with Crippen LogP contribution in [0.4, 0.5) is 4.39 Å². The normalized spacial score (nSPS) is 10.8. The highest BCUT2D eigenvalue weighted by Crippen LogP contribution is 2.14. The summed E-state index contributed by atoms with van der Waals surface area (Å²) < 4.78 is 15.7. The number of para-hydroxylation sites is 1. The second kappa shape index (κ2) is 8.16. The summed E-state index contributed by atoms with van der Waals surface area (Å²) in [5, 5.41) is 3.08. The van der Waals surface area contributed by atoms with Gasteiger partial charge < -0.3 is 5.32 Å². The Morgan fingerprint density at radius 1 is 0.933 bits per heavy atom. The van der Waals surface area contributed by atoms with E-state index in [9.17, 15) is 18.8 Å². The number of carbonyl (C=O) groups excluding carboxylic acids is 1. The summed E-state index contributed by atoms with van der Waals surface area (Å²) in [6.45, 7) is 0.350. The molecule has 0 spiro atoms. The lowest BCUT2D eigenvalue weighted by Crippen LogP contribution is -2.30. The molecular weight excluding hydrogens is 385 g/mol. The van der Waals surface area contributed by atoms with Crippen molar-refractivity contribution in [2.75, 3.05) is 0 Å². The van der Waals surface area contributed by atoms with Crippen molar-refractivity contribution >= 4 is 16.8 Å². The van der Waals surface area contributed by atoms with Gasteiger partial charge in [0.2, 0.25) is 0 Å². The van der Waals surface area contributed by atoms with Crippen molar-refractivity contribution in [3.05, 3.63) is 116 Å². The summed E-state index contributed by atoms with van der Waals surface area (Å²) in [5.74, 6) is -1.19. The van der Waals surface area contributed by atoms with E-state index in [2.05, 4.69) is 10.3 Å². The molecule has 3 aromatic carbocycles. The summed E-state index contributed by atoms with van der Waals surface area (Å²) in [5.41, 5.74) is 0.773. The van der Waals surface area contributed by atoms with Gasteiger partial charge in [0.25, 0.3) is 11.5 Å². The molecule has 0 aliphatic heterocycles. The molecule has 0 aliphatic rings. The number of aromatic amines is 1. The molecule has 7 heteroatoms. The van der Waals surface area contributed by atoms with Crippen LogP contribution in [-0.4, -0.2) is 15.5 Å². The predicted octanol–water partition coefficient (Wildman–Crippen LogP) is 2.81. The molecule has 0 fully saturated rings. The monoisotopic (exact) mass is 403 g/mol. The minimum atomic E-state index is -0.650. The fourth-order valence-electron chi connectivity index (χ4n) is 3.30. The van der Waals surface area contributed by atoms with E-state index in [-0.39, 0.29) is 18.7 Å². The van der Waals surface area contributed by atoms with Crippen LogP contribution in [0.25, 0.3) is 10.9 Å². The fourth-order valence-corrected chi connectivity index (χ4v) is 3.30. The second-order valence-corrected chi connectivity index (χ2v) is 6.85. The van der Waals surface area contributed by atoms with E-state index in [0.29, 0.717) is 16.5 Å². The molecule has 0 bridgehead atoms. The SMILES string of the molecule is O=C(NCc1ccccc1)c1cc(Cn2c(=O)[nH]c(=O)c3ccccc32)ccc1F. The van der Waals surface area contributed by atoms with Crippen LogP contribution < -0.4 is 16.6 Å². The molecule has 4 rings (SSSR count). The number of aromatic nitrogens is 2. The van der Waals surface area contributed by atoms with Crippen molar-refractivity contribution < 1.29 is 9.18 Å². The summed E-state index contributed by atoms with van der Waals surface area (Å²) in [6, 6.07) is 20.2. The first-order valence-corrected chi connectivity index (χ1v) is 9.35. The van der Waals surface area contributed by atoms with E-state index >= 15 is 0 Å². The smallest absolute Gasteiger partial charge is 0.329 e. The average Bonchev–Trinajstić information content (AvgIpc) is 2.77. The first-order chi connectivity index (χ1) is 14.5. The first-order valence-electron chi connectivity index (χ1n) is 9.35. The molecule has 150 valence electrons. The fraction of sp³-hybridized carbons (Fsp3) is 0.0870. The molecule has 1 amide bonds. The number of benzene rings is 3. The van der Waals surface area contributed by atoms with Gasteiger partial charge in [-0.1, -0.05) is 48.5 Å². The van der Waals surface area contributed by atoms with Crippen LogP contribution in [0, 0.1) is 5.82 Å². The number of amides is 1. The zero-order chi connectivity index (χ0) is 21.1. The largest absolute Gasteiger partial charge is 0.348 e. The molecule has 0 atom stereocenters. The van der Waals surface area contributed by atoms with Gasteiger partial charge in [0.1, 0.15) is 5.82 Å². The molecular formula is C23H18FN3O3. The molecule has 0 radical (unpaired) electrons. The summed E-state index contributed by atoms with van der Waals surface area (Å²) in [7, 11) is 0. The molecule has 0 aliphatic carbocycles. The minimum Gasteiger partial charge on any atom is -0.348 e. The zero-order valence-electron chi connectivity index (χ0n) is 15.9. The van der Waals surface area contributed by atoms with Crippen molar-refractivity contribution in [2.45, 2.75) is 13.1 Å². The van der Waals surface area contributed by atoms with Crippen molar-refractivity contribution in [3.8, 4) is 0 Å². The van der Waals surface area contributed by atoms with Gasteiger partial charge in [-0.25, -0.2) is 9.18 Å². The van der Waals surface area contributed by atoms with Gasteiger partial charge in [-0.05, 0) is 35.4 Å². The molecule has 1 aromatic heterocycles. The third-order valence-corrected chi connectivity index (χ3v) is 4.82. The molecule has 0 saturated heterocycles. The van der Waals surface area contributed by atoms with E-state index < -0.39 is 23.0 Å². The molecule has 6 nitrogen and oxygen atoms in total. The van der Waals surface area contributed by atoms with Gasteiger partial charge in [0.15, 0.2) is 0 Å². The highest BCUT2D eigenvalue weighted by Gasteiger charge is 2.14. The number of H-pyrrole nitrogens is 1. The number of fused-ring (bicyclic) bond motifs is 1. The Balaban J connectivity index is 1.63. The number of nitrogens with one attached hydrogen (secondary N) is 2. The Kier molecular flexibility index (Phi) is 5.26. The van der Waals surface area contributed by atoms with Crippen LogP contribution in [0.3, 0.4) is 0 Å². The number of nitrogens with zero attached hydrogens (tertiary/aromatic N) is 1. The van der Waals surface area contributed by atoms with E-state index in [1.54, 1.807) is 24.3 Å². The Morgan fingerprint density at radius 2 is 1.67 bits per heavy atom. The van der Waals surface area contributed by atoms with E-state index in [1.807, 2.05) is 30.3 Å². The maximum Gasteiger partial charge on any atom is 0.329 e. The van der Waals surface area contributed by atoms with E-state index in [1.165, 1.54) is 22.8 Å². The summed E-state index contributed by atoms with van der Waals surface area (Å²) in [4.78, 5) is 39.2. The Morgan fingerprint density at radius 3 is 2.47 bits per heavy atom. The molecule has 2 N–H and O–H groups in total. The Bertz CT molecular complexity index is 1340. The first kappa shape index (κ1) is 19.3. The average molecular weight is 403 g/mol. The number of halogens is 1. The third kappa shape index (κ3) is 3.91. The molecule has 4 aromatic rings. The number of hydrogen-bond acceptors (Lipinski definition) is 3. The summed E-state index contributed by atoms with van der Waals surface area (Å²) in [6.07, 6.45) is 0. The van der Waals surface area contributed by atoms with Crippen LogP contribution in [0.1, 0.15) is 21.5 Å². The minimum absolute atomic E-state index is 0.0787. The van der Waals surface area contributed by atoms with Gasteiger partial charge in [-0.2, -0.15) is 0 Å². The van der Waals surface area contributed by atoms with Gasteiger partial charge in [0, 0.05) is 6.54 Å². The van der Waals surface area contributed by atoms with Gasteiger partial charge >= 0.3 is 5.69 Å². The molecule has 0 unspecified atom stereocenters. The lowest BCUT2D eigenvalue weighted by atomic mass is 10.1. The summed E-state index contributed by atoms with van der Waals surface area (Å²) >= 11 is 0. The predicted molar refractivity (Wildman–Crippen MR) is 112 cm³/mol. The van der Waals surface area contributed by atoms with E-state index in [4.69, 9.17) is 0 Å². The zero-order valence-corrected chi connectivity index (χ0v) is 15.9. The highest BCUT2D eigenvalue weighted by atomic mass is 19.1. The van der Waals surface area contributed by atoms with Gasteiger partial charge in [0.05, 0.1) is 23.0 Å². The number of hydrogen-bond donors (Lipinski definition) is 2. The Hall–Kier alpha value is -4.00. The maximum atomic E-state index is 14.3. The molecule has 30 heavy (non-hydrogen) atoms. The van der Waals surface area contributed by atoms with Crippen LogP contribution in [0.15, 0.2) is 82.4 Å². The lowest BCUT2D eigenvalue weighted by Gasteiger charge is -2.11. The number of rotatable bonds is 5. The van der Waals surface area contributed by atoms with Crippen molar-refractivity contribution in [1.82, 2.24) is 14.9 Å². The van der Waals surface area contributed by atoms with Crippen molar-refractivity contribution in [2.24, 2.45) is 0 Å². The van der Waals surface area contributed by atoms with Crippen LogP contribution >= 0.6 is 0 Å². The van der Waals surface area contributed by atoms with Gasteiger partial charge in [-0.15, -0.1) is 0 Å². The molecule has 1 heterocycles. The number of carbonyl (C=O) groups is 1. The maximum absolute atomic E-state index is 14.3.